The third kappa shape index (κ3) is 7.04. The van der Waals surface area contributed by atoms with Gasteiger partial charge in [0.25, 0.3) is 0 Å². The fraction of sp³-hybridized carbons (Fsp3) is 0.316. The Balaban J connectivity index is 1.51. The number of amides is 2. The molecule has 24 heavy (non-hydrogen) atoms. The predicted molar refractivity (Wildman–Crippen MR) is 101 cm³/mol. The van der Waals surface area contributed by atoms with Crippen LogP contribution in [0, 0.1) is 6.92 Å². The molecule has 5 heteroatoms. The minimum atomic E-state index is -0.137. The van der Waals surface area contributed by atoms with E-state index in [1.165, 1.54) is 11.1 Å². The van der Waals surface area contributed by atoms with Gasteiger partial charge in [-0.15, -0.1) is 0 Å². The number of hydrogen-bond acceptors (Lipinski definition) is 2. The molecular weight excluding hydrogens is 368 g/mol. The van der Waals surface area contributed by atoms with Crippen LogP contribution in [0.1, 0.15) is 17.5 Å². The fourth-order valence-corrected chi connectivity index (χ4v) is 2.40. The van der Waals surface area contributed by atoms with Crippen molar-refractivity contribution in [3.05, 3.63) is 64.1 Å². The van der Waals surface area contributed by atoms with E-state index in [1.54, 1.807) is 0 Å². The van der Waals surface area contributed by atoms with Crippen LogP contribution < -0.4 is 15.4 Å². The highest BCUT2D eigenvalue weighted by molar-refractivity contribution is 9.10. The van der Waals surface area contributed by atoms with Crippen LogP contribution in [0.4, 0.5) is 4.79 Å². The second-order valence-electron chi connectivity index (χ2n) is 5.57. The molecule has 4 nitrogen and oxygen atoms in total. The van der Waals surface area contributed by atoms with E-state index in [0.717, 1.165) is 23.1 Å². The fourth-order valence-electron chi connectivity index (χ4n) is 2.13. The van der Waals surface area contributed by atoms with E-state index in [4.69, 9.17) is 4.74 Å². The first-order valence-corrected chi connectivity index (χ1v) is 8.88. The lowest BCUT2D eigenvalue weighted by molar-refractivity contribution is 0.239. The average molecular weight is 391 g/mol. The molecule has 2 amide bonds. The second kappa shape index (κ2) is 9.98. The lowest BCUT2D eigenvalue weighted by Gasteiger charge is -2.09. The van der Waals surface area contributed by atoms with Crippen LogP contribution >= 0.6 is 15.9 Å². The van der Waals surface area contributed by atoms with Crippen LogP contribution in [0.2, 0.25) is 0 Å². The van der Waals surface area contributed by atoms with E-state index < -0.39 is 0 Å². The molecule has 0 atom stereocenters. The van der Waals surface area contributed by atoms with Crippen molar-refractivity contribution in [2.24, 2.45) is 0 Å². The van der Waals surface area contributed by atoms with Crippen LogP contribution in [-0.2, 0) is 6.42 Å². The lowest BCUT2D eigenvalue weighted by atomic mass is 10.1. The number of halogens is 1. The molecule has 0 aliphatic heterocycles. The van der Waals surface area contributed by atoms with E-state index >= 15 is 0 Å². The van der Waals surface area contributed by atoms with Gasteiger partial charge in [0.1, 0.15) is 5.75 Å². The zero-order valence-corrected chi connectivity index (χ0v) is 15.4. The number of rotatable bonds is 8. The monoisotopic (exact) mass is 390 g/mol. The lowest BCUT2D eigenvalue weighted by Crippen LogP contribution is -2.37. The standard InChI is InChI=1S/C19H23BrN2O2/c1-15-3-9-18(10-4-15)24-14-2-12-21-19(23)22-13-11-16-5-7-17(20)8-6-16/h3-10H,2,11-14H2,1H3,(H2,21,22,23). The molecule has 0 radical (unpaired) electrons. The third-order valence-corrected chi connectivity index (χ3v) is 4.04. The zero-order valence-electron chi connectivity index (χ0n) is 13.8. The number of nitrogens with one attached hydrogen (secondary N) is 2. The number of hydrogen-bond donors (Lipinski definition) is 2. The molecule has 0 bridgehead atoms. The number of urea groups is 1. The molecule has 2 N–H and O–H groups in total. The molecule has 2 aromatic rings. The Morgan fingerprint density at radius 3 is 2.38 bits per heavy atom. The van der Waals surface area contributed by atoms with Crippen LogP contribution in [-0.4, -0.2) is 25.7 Å². The van der Waals surface area contributed by atoms with Crippen LogP contribution in [0.15, 0.2) is 53.0 Å². The minimum absolute atomic E-state index is 0.137. The molecule has 0 aromatic heterocycles. The first-order valence-electron chi connectivity index (χ1n) is 8.09. The smallest absolute Gasteiger partial charge is 0.314 e. The Labute approximate surface area is 151 Å². The molecule has 128 valence electrons. The quantitative estimate of drug-likeness (QED) is 0.667. The van der Waals surface area contributed by atoms with Gasteiger partial charge in [0, 0.05) is 17.6 Å². The van der Waals surface area contributed by atoms with Crippen molar-refractivity contribution in [1.82, 2.24) is 10.6 Å². The van der Waals surface area contributed by atoms with Gasteiger partial charge in [0.2, 0.25) is 0 Å². The van der Waals surface area contributed by atoms with Gasteiger partial charge in [-0.25, -0.2) is 4.79 Å². The molecule has 0 saturated heterocycles. The molecule has 0 spiro atoms. The summed E-state index contributed by atoms with van der Waals surface area (Å²) in [6.45, 7) is 3.84. The maximum Gasteiger partial charge on any atom is 0.314 e. The molecule has 0 aliphatic rings. The van der Waals surface area contributed by atoms with Crippen molar-refractivity contribution in [1.29, 1.82) is 0 Å². The van der Waals surface area contributed by atoms with Crippen molar-refractivity contribution in [2.45, 2.75) is 19.8 Å². The summed E-state index contributed by atoms with van der Waals surface area (Å²) in [4.78, 5) is 11.7. The third-order valence-electron chi connectivity index (χ3n) is 3.51. The van der Waals surface area contributed by atoms with E-state index in [-0.39, 0.29) is 6.03 Å². The summed E-state index contributed by atoms with van der Waals surface area (Å²) in [6, 6.07) is 15.9. The number of carbonyl (C=O) groups is 1. The summed E-state index contributed by atoms with van der Waals surface area (Å²) in [5.74, 6) is 0.861. The number of carbonyl (C=O) groups excluding carboxylic acids is 1. The average Bonchev–Trinajstić information content (AvgIpc) is 2.58. The van der Waals surface area contributed by atoms with Crippen molar-refractivity contribution < 1.29 is 9.53 Å². The highest BCUT2D eigenvalue weighted by Crippen LogP contribution is 2.11. The Bertz CT molecular complexity index is 627. The van der Waals surface area contributed by atoms with Crippen LogP contribution in [0.5, 0.6) is 5.75 Å². The molecular formula is C19H23BrN2O2. The summed E-state index contributed by atoms with van der Waals surface area (Å²) in [5, 5.41) is 5.69. The molecule has 0 fully saturated rings. The summed E-state index contributed by atoms with van der Waals surface area (Å²) in [6.07, 6.45) is 1.59. The normalized spacial score (nSPS) is 10.2. The Morgan fingerprint density at radius 1 is 1.00 bits per heavy atom. The van der Waals surface area contributed by atoms with Crippen LogP contribution in [0.3, 0.4) is 0 Å². The van der Waals surface area contributed by atoms with Gasteiger partial charge in [-0.3, -0.25) is 0 Å². The van der Waals surface area contributed by atoms with E-state index in [1.807, 2.05) is 55.5 Å². The molecule has 2 aromatic carbocycles. The van der Waals surface area contributed by atoms with Crippen molar-refractivity contribution >= 4 is 22.0 Å². The first kappa shape index (κ1) is 18.3. The SMILES string of the molecule is Cc1ccc(OCCCNC(=O)NCCc2ccc(Br)cc2)cc1. The Kier molecular flexibility index (Phi) is 7.62. The molecule has 0 heterocycles. The van der Waals surface area contributed by atoms with Gasteiger partial charge in [0.05, 0.1) is 6.61 Å². The maximum absolute atomic E-state index is 11.7. The van der Waals surface area contributed by atoms with Crippen molar-refractivity contribution in [3.63, 3.8) is 0 Å². The van der Waals surface area contributed by atoms with Gasteiger partial charge < -0.3 is 15.4 Å². The first-order chi connectivity index (χ1) is 11.6. The summed E-state index contributed by atoms with van der Waals surface area (Å²) < 4.78 is 6.68. The maximum atomic E-state index is 11.7. The summed E-state index contributed by atoms with van der Waals surface area (Å²) >= 11 is 3.41. The molecule has 0 unspecified atom stereocenters. The Morgan fingerprint density at radius 2 is 1.67 bits per heavy atom. The molecule has 2 rings (SSSR count). The largest absolute Gasteiger partial charge is 0.494 e. The van der Waals surface area contributed by atoms with Gasteiger partial charge in [-0.1, -0.05) is 45.8 Å². The van der Waals surface area contributed by atoms with Crippen LogP contribution in [0.25, 0.3) is 0 Å². The van der Waals surface area contributed by atoms with E-state index in [0.29, 0.717) is 19.7 Å². The Hall–Kier alpha value is -2.01. The van der Waals surface area contributed by atoms with Gasteiger partial charge in [-0.05, 0) is 49.6 Å². The van der Waals surface area contributed by atoms with Gasteiger partial charge >= 0.3 is 6.03 Å². The number of ether oxygens (including phenoxy) is 1. The van der Waals surface area contributed by atoms with E-state index in [9.17, 15) is 4.79 Å². The van der Waals surface area contributed by atoms with Crippen molar-refractivity contribution in [2.75, 3.05) is 19.7 Å². The molecule has 0 saturated carbocycles. The molecule has 0 aliphatic carbocycles. The van der Waals surface area contributed by atoms with Gasteiger partial charge in [-0.2, -0.15) is 0 Å². The summed E-state index contributed by atoms with van der Waals surface area (Å²) in [7, 11) is 0. The minimum Gasteiger partial charge on any atom is -0.494 e. The number of benzene rings is 2. The zero-order chi connectivity index (χ0) is 17.2. The van der Waals surface area contributed by atoms with Gasteiger partial charge in [0.15, 0.2) is 0 Å². The summed E-state index contributed by atoms with van der Waals surface area (Å²) in [5.41, 5.74) is 2.41. The number of aryl methyl sites for hydroxylation is 1. The van der Waals surface area contributed by atoms with E-state index in [2.05, 4.69) is 26.6 Å². The second-order valence-corrected chi connectivity index (χ2v) is 6.49. The topological polar surface area (TPSA) is 50.4 Å². The highest BCUT2D eigenvalue weighted by Gasteiger charge is 2.00. The predicted octanol–water partition coefficient (Wildman–Crippen LogP) is 4.07. The van der Waals surface area contributed by atoms with Crippen molar-refractivity contribution in [3.8, 4) is 5.75 Å². The highest BCUT2D eigenvalue weighted by atomic mass is 79.9.